The second-order valence-corrected chi connectivity index (χ2v) is 4.18. The number of nitrogens with two attached hydrogens (primary N) is 1. The van der Waals surface area contributed by atoms with Gasteiger partial charge in [0.25, 0.3) is 5.91 Å². The van der Waals surface area contributed by atoms with Crippen LogP contribution in [0.5, 0.6) is 0 Å². The topological polar surface area (TPSA) is 72.9 Å². The first-order valence-corrected chi connectivity index (χ1v) is 5.80. The van der Waals surface area contributed by atoms with Crippen LogP contribution in [0.1, 0.15) is 41.9 Å². The Morgan fingerprint density at radius 1 is 1.75 bits per heavy atom. The Morgan fingerprint density at radius 3 is 3.06 bits per heavy atom. The molecule has 2 heterocycles. The fourth-order valence-corrected chi connectivity index (χ4v) is 2.18. The van der Waals surface area contributed by atoms with Crippen LogP contribution in [0, 0.1) is 0 Å². The molecule has 0 bridgehead atoms. The van der Waals surface area contributed by atoms with E-state index in [9.17, 15) is 4.79 Å². The molecule has 0 aromatic carbocycles. The largest absolute Gasteiger partial charge is 0.364 e. The predicted molar refractivity (Wildman–Crippen MR) is 61.3 cm³/mol. The van der Waals surface area contributed by atoms with Crippen LogP contribution in [0.2, 0.25) is 0 Å². The highest BCUT2D eigenvalue weighted by atomic mass is 16.1. The third-order valence-electron chi connectivity index (χ3n) is 3.07. The Kier molecular flexibility index (Phi) is 3.24. The Hall–Kier alpha value is -1.36. The van der Waals surface area contributed by atoms with Crippen molar-refractivity contribution < 1.29 is 4.79 Å². The van der Waals surface area contributed by atoms with E-state index in [2.05, 4.69) is 10.4 Å². The maximum absolute atomic E-state index is 11.2. The van der Waals surface area contributed by atoms with Gasteiger partial charge in [0.2, 0.25) is 0 Å². The molecule has 88 valence electrons. The molecule has 0 aliphatic carbocycles. The summed E-state index contributed by atoms with van der Waals surface area (Å²) in [4.78, 5) is 11.2. The first kappa shape index (κ1) is 11.1. The molecule has 1 fully saturated rings. The molecule has 0 unspecified atom stereocenters. The molecule has 1 aromatic heterocycles. The van der Waals surface area contributed by atoms with Crippen molar-refractivity contribution in [2.75, 3.05) is 13.1 Å². The number of aromatic nitrogens is 2. The van der Waals surface area contributed by atoms with Crippen LogP contribution in [0.25, 0.3) is 0 Å². The molecule has 1 atom stereocenters. The van der Waals surface area contributed by atoms with E-state index in [4.69, 9.17) is 5.73 Å². The van der Waals surface area contributed by atoms with Crippen molar-refractivity contribution in [1.29, 1.82) is 0 Å². The van der Waals surface area contributed by atoms with Crippen molar-refractivity contribution in [3.63, 3.8) is 0 Å². The number of hydrogen-bond donors (Lipinski definition) is 2. The summed E-state index contributed by atoms with van der Waals surface area (Å²) in [6.45, 7) is 4.66. The lowest BCUT2D eigenvalue weighted by molar-refractivity contribution is 0.0990. The zero-order valence-corrected chi connectivity index (χ0v) is 9.57. The van der Waals surface area contributed by atoms with Crippen LogP contribution in [-0.2, 0) is 6.54 Å². The van der Waals surface area contributed by atoms with E-state index in [-0.39, 0.29) is 0 Å². The van der Waals surface area contributed by atoms with Crippen LogP contribution in [0.15, 0.2) is 6.07 Å². The smallest absolute Gasteiger partial charge is 0.266 e. The van der Waals surface area contributed by atoms with Gasteiger partial charge >= 0.3 is 0 Å². The van der Waals surface area contributed by atoms with Crippen molar-refractivity contribution >= 4 is 5.91 Å². The minimum Gasteiger partial charge on any atom is -0.364 e. The van der Waals surface area contributed by atoms with Gasteiger partial charge in [-0.05, 0) is 32.4 Å². The molecular formula is C11H18N4O. The summed E-state index contributed by atoms with van der Waals surface area (Å²) in [7, 11) is 0. The summed E-state index contributed by atoms with van der Waals surface area (Å²) in [5.41, 5.74) is 6.82. The number of rotatable bonds is 3. The summed E-state index contributed by atoms with van der Waals surface area (Å²) in [5.74, 6) is 0.0176. The number of amides is 1. The number of nitrogens with zero attached hydrogens (tertiary/aromatic N) is 2. The minimum atomic E-state index is -0.399. The lowest BCUT2D eigenvalue weighted by Crippen LogP contribution is -2.28. The van der Waals surface area contributed by atoms with Crippen molar-refractivity contribution in [2.24, 2.45) is 5.73 Å². The van der Waals surface area contributed by atoms with E-state index in [0.717, 1.165) is 31.6 Å². The normalized spacial score (nSPS) is 20.9. The average Bonchev–Trinajstić information content (AvgIpc) is 2.74. The highest BCUT2D eigenvalue weighted by molar-refractivity contribution is 5.91. The standard InChI is InChI=1S/C11H18N4O/c1-2-15-10(11(12)16)6-9(14-15)8-4-3-5-13-7-8/h6,8,13H,2-5,7H2,1H3,(H2,12,16)/t8-/m1/s1. The van der Waals surface area contributed by atoms with Gasteiger partial charge in [-0.15, -0.1) is 0 Å². The second-order valence-electron chi connectivity index (χ2n) is 4.18. The fraction of sp³-hybridized carbons (Fsp3) is 0.636. The minimum absolute atomic E-state index is 0.399. The van der Waals surface area contributed by atoms with Gasteiger partial charge in [-0.1, -0.05) is 0 Å². The Bertz CT molecular complexity index is 379. The zero-order chi connectivity index (χ0) is 11.5. The second kappa shape index (κ2) is 4.65. The van der Waals surface area contributed by atoms with Crippen molar-refractivity contribution in [1.82, 2.24) is 15.1 Å². The predicted octanol–water partition coefficient (Wildman–Crippen LogP) is 0.469. The van der Waals surface area contributed by atoms with E-state index >= 15 is 0 Å². The number of nitrogens with one attached hydrogen (secondary N) is 1. The third kappa shape index (κ3) is 2.09. The molecule has 0 radical (unpaired) electrons. The number of piperidine rings is 1. The van der Waals surface area contributed by atoms with Gasteiger partial charge in [0, 0.05) is 19.0 Å². The van der Waals surface area contributed by atoms with Crippen LogP contribution < -0.4 is 11.1 Å². The number of primary amides is 1. The third-order valence-corrected chi connectivity index (χ3v) is 3.07. The monoisotopic (exact) mass is 222 g/mol. The lowest BCUT2D eigenvalue weighted by Gasteiger charge is -2.20. The summed E-state index contributed by atoms with van der Waals surface area (Å²) in [6, 6.07) is 1.84. The van der Waals surface area contributed by atoms with Gasteiger partial charge in [-0.25, -0.2) is 0 Å². The molecule has 1 aliphatic rings. The molecular weight excluding hydrogens is 204 g/mol. The maximum atomic E-state index is 11.2. The summed E-state index contributed by atoms with van der Waals surface area (Å²) in [5, 5.41) is 7.79. The Labute approximate surface area is 95.0 Å². The van der Waals surface area contributed by atoms with E-state index in [1.807, 2.05) is 13.0 Å². The number of hydrogen-bond acceptors (Lipinski definition) is 3. The van der Waals surface area contributed by atoms with Crippen molar-refractivity contribution in [2.45, 2.75) is 32.2 Å². The molecule has 5 heteroatoms. The lowest BCUT2D eigenvalue weighted by atomic mass is 9.96. The quantitative estimate of drug-likeness (QED) is 0.780. The first-order chi connectivity index (χ1) is 7.72. The molecule has 1 aromatic rings. The SMILES string of the molecule is CCn1nc([C@@H]2CCCNC2)cc1C(N)=O. The van der Waals surface area contributed by atoms with Gasteiger partial charge < -0.3 is 11.1 Å². The average molecular weight is 222 g/mol. The Balaban J connectivity index is 2.24. The number of aryl methyl sites for hydroxylation is 1. The van der Waals surface area contributed by atoms with Crippen LogP contribution in [0.3, 0.4) is 0 Å². The molecule has 0 spiro atoms. The van der Waals surface area contributed by atoms with E-state index < -0.39 is 5.91 Å². The van der Waals surface area contributed by atoms with Crippen molar-refractivity contribution in [3.05, 3.63) is 17.5 Å². The van der Waals surface area contributed by atoms with Gasteiger partial charge in [-0.3, -0.25) is 9.48 Å². The summed E-state index contributed by atoms with van der Waals surface area (Å²) in [6.07, 6.45) is 2.29. The highest BCUT2D eigenvalue weighted by Crippen LogP contribution is 2.22. The molecule has 0 saturated carbocycles. The van der Waals surface area contributed by atoms with Gasteiger partial charge in [-0.2, -0.15) is 5.10 Å². The molecule has 2 rings (SSSR count). The van der Waals surface area contributed by atoms with Crippen LogP contribution in [-0.4, -0.2) is 28.8 Å². The molecule has 1 aliphatic heterocycles. The molecule has 1 saturated heterocycles. The van der Waals surface area contributed by atoms with Crippen molar-refractivity contribution in [3.8, 4) is 0 Å². The molecule has 5 nitrogen and oxygen atoms in total. The summed E-state index contributed by atoms with van der Waals surface area (Å²) < 4.78 is 1.69. The van der Waals surface area contributed by atoms with E-state index in [1.54, 1.807) is 4.68 Å². The summed E-state index contributed by atoms with van der Waals surface area (Å²) >= 11 is 0. The molecule has 3 N–H and O–H groups in total. The fourth-order valence-electron chi connectivity index (χ4n) is 2.18. The first-order valence-electron chi connectivity index (χ1n) is 5.80. The Morgan fingerprint density at radius 2 is 2.56 bits per heavy atom. The van der Waals surface area contributed by atoms with Gasteiger partial charge in [0.05, 0.1) is 5.69 Å². The zero-order valence-electron chi connectivity index (χ0n) is 9.57. The van der Waals surface area contributed by atoms with Crippen LogP contribution in [0.4, 0.5) is 0 Å². The van der Waals surface area contributed by atoms with Gasteiger partial charge in [0.15, 0.2) is 0 Å². The molecule has 16 heavy (non-hydrogen) atoms. The van der Waals surface area contributed by atoms with E-state index in [0.29, 0.717) is 18.2 Å². The van der Waals surface area contributed by atoms with Gasteiger partial charge in [0.1, 0.15) is 5.69 Å². The highest BCUT2D eigenvalue weighted by Gasteiger charge is 2.20. The maximum Gasteiger partial charge on any atom is 0.266 e. The molecule has 1 amide bonds. The van der Waals surface area contributed by atoms with E-state index in [1.165, 1.54) is 0 Å². The number of carbonyl (C=O) groups is 1. The number of carbonyl (C=O) groups excluding carboxylic acids is 1. The van der Waals surface area contributed by atoms with Crippen LogP contribution >= 0.6 is 0 Å².